The molecular weight excluding hydrogens is 248 g/mol. The summed E-state index contributed by atoms with van der Waals surface area (Å²) in [5, 5.41) is 16.2. The van der Waals surface area contributed by atoms with E-state index in [1.165, 1.54) is 6.20 Å². The number of aromatic carboxylic acids is 1. The van der Waals surface area contributed by atoms with Crippen LogP contribution in [0.2, 0.25) is 0 Å². The van der Waals surface area contributed by atoms with Gasteiger partial charge in [-0.15, -0.1) is 5.10 Å². The molecule has 0 spiro atoms. The molecule has 8 heteroatoms. The zero-order valence-corrected chi connectivity index (χ0v) is 10.5. The Bertz CT molecular complexity index is 598. The van der Waals surface area contributed by atoms with Crippen molar-refractivity contribution >= 4 is 5.97 Å². The fourth-order valence-corrected chi connectivity index (χ4v) is 2.14. The molecule has 1 aliphatic heterocycles. The van der Waals surface area contributed by atoms with Crippen molar-refractivity contribution in [1.29, 1.82) is 0 Å². The van der Waals surface area contributed by atoms with Crippen LogP contribution in [0.25, 0.3) is 0 Å². The van der Waals surface area contributed by atoms with E-state index in [1.54, 1.807) is 10.9 Å². The smallest absolute Gasteiger partial charge is 0.358 e. The van der Waals surface area contributed by atoms with Gasteiger partial charge in [-0.1, -0.05) is 5.21 Å². The van der Waals surface area contributed by atoms with Crippen molar-refractivity contribution < 1.29 is 9.90 Å². The number of carbonyl (C=O) groups is 1. The largest absolute Gasteiger partial charge is 0.476 e. The van der Waals surface area contributed by atoms with Gasteiger partial charge in [0, 0.05) is 32.5 Å². The molecule has 100 valence electrons. The third-order valence-corrected chi connectivity index (χ3v) is 3.33. The Morgan fingerprint density at radius 2 is 2.32 bits per heavy atom. The summed E-state index contributed by atoms with van der Waals surface area (Å²) in [5.41, 5.74) is -0.0115. The van der Waals surface area contributed by atoms with Gasteiger partial charge in [-0.25, -0.2) is 14.5 Å². The minimum Gasteiger partial charge on any atom is -0.476 e. The average Bonchev–Trinajstić information content (AvgIpc) is 2.92. The molecule has 0 radical (unpaired) electrons. The van der Waals surface area contributed by atoms with Crippen molar-refractivity contribution in [3.05, 3.63) is 30.1 Å². The molecule has 19 heavy (non-hydrogen) atoms. The summed E-state index contributed by atoms with van der Waals surface area (Å²) < 4.78 is 3.61. The predicted octanol–water partition coefficient (Wildman–Crippen LogP) is -0.233. The molecule has 1 N–H and O–H groups in total. The predicted molar refractivity (Wildman–Crippen MR) is 64.5 cm³/mol. The zero-order valence-electron chi connectivity index (χ0n) is 10.5. The van der Waals surface area contributed by atoms with E-state index in [9.17, 15) is 4.79 Å². The highest BCUT2D eigenvalue weighted by molar-refractivity contribution is 5.84. The lowest BCUT2D eigenvalue weighted by atomic mass is 10.1. The quantitative estimate of drug-likeness (QED) is 0.818. The van der Waals surface area contributed by atoms with Crippen LogP contribution < -0.4 is 0 Å². The lowest BCUT2D eigenvalue weighted by Gasteiger charge is -2.38. The lowest BCUT2D eigenvalue weighted by molar-refractivity contribution is 0.0689. The lowest BCUT2D eigenvalue weighted by Crippen LogP contribution is -2.47. The number of carboxylic acids is 1. The van der Waals surface area contributed by atoms with Gasteiger partial charge in [-0.05, 0) is 0 Å². The van der Waals surface area contributed by atoms with E-state index in [0.717, 1.165) is 25.5 Å². The van der Waals surface area contributed by atoms with Crippen LogP contribution in [0.15, 0.2) is 18.6 Å². The number of carboxylic acid groups (broad SMARTS) is 1. The molecule has 1 saturated heterocycles. The van der Waals surface area contributed by atoms with Gasteiger partial charge in [0.05, 0.1) is 18.8 Å². The molecule has 0 atom stereocenters. The highest BCUT2D eigenvalue weighted by Gasteiger charge is 2.30. The average molecular weight is 262 g/mol. The Hall–Kier alpha value is -2.22. The fourth-order valence-electron chi connectivity index (χ4n) is 2.14. The van der Waals surface area contributed by atoms with Crippen LogP contribution in [0, 0.1) is 0 Å². The van der Waals surface area contributed by atoms with E-state index < -0.39 is 5.97 Å². The van der Waals surface area contributed by atoms with E-state index in [2.05, 4.69) is 20.2 Å². The first-order chi connectivity index (χ1) is 9.13. The number of likely N-dealkylation sites (tertiary alicyclic amines) is 1. The van der Waals surface area contributed by atoms with Gasteiger partial charge in [-0.2, -0.15) is 0 Å². The molecule has 0 aliphatic carbocycles. The second kappa shape index (κ2) is 4.47. The Labute approximate surface area is 109 Å². The van der Waals surface area contributed by atoms with Crippen LogP contribution in [0.4, 0.5) is 0 Å². The van der Waals surface area contributed by atoms with Crippen LogP contribution >= 0.6 is 0 Å². The maximum absolute atomic E-state index is 10.7. The molecule has 3 rings (SSSR count). The zero-order chi connectivity index (χ0) is 13.4. The van der Waals surface area contributed by atoms with E-state index >= 15 is 0 Å². The van der Waals surface area contributed by atoms with Crippen molar-refractivity contribution in [1.82, 2.24) is 29.4 Å². The topological polar surface area (TPSA) is 89.1 Å². The molecule has 0 unspecified atom stereocenters. The van der Waals surface area contributed by atoms with E-state index in [0.29, 0.717) is 0 Å². The van der Waals surface area contributed by atoms with Crippen LogP contribution in [0.5, 0.6) is 0 Å². The summed E-state index contributed by atoms with van der Waals surface area (Å²) in [7, 11) is 1.97. The van der Waals surface area contributed by atoms with Crippen molar-refractivity contribution in [3.63, 3.8) is 0 Å². The number of hydrogen-bond acceptors (Lipinski definition) is 5. The monoisotopic (exact) mass is 262 g/mol. The first-order valence-electron chi connectivity index (χ1n) is 5.97. The van der Waals surface area contributed by atoms with Gasteiger partial charge in [0.25, 0.3) is 0 Å². The summed E-state index contributed by atoms with van der Waals surface area (Å²) in [6.45, 7) is 2.45. The molecule has 2 aromatic rings. The second-order valence-electron chi connectivity index (χ2n) is 4.69. The Morgan fingerprint density at radius 3 is 2.89 bits per heavy atom. The van der Waals surface area contributed by atoms with Crippen LogP contribution in [0.1, 0.15) is 22.4 Å². The summed E-state index contributed by atoms with van der Waals surface area (Å²) in [5.74, 6) is -0.0290. The molecule has 3 heterocycles. The highest BCUT2D eigenvalue weighted by Crippen LogP contribution is 2.21. The molecule has 1 aliphatic rings. The maximum Gasteiger partial charge on any atom is 0.358 e. The number of nitrogens with zero attached hydrogens (tertiary/aromatic N) is 6. The molecule has 0 aromatic carbocycles. The summed E-state index contributed by atoms with van der Waals surface area (Å²) in [6, 6.07) is 0.195. The number of aromatic nitrogens is 5. The van der Waals surface area contributed by atoms with Crippen molar-refractivity contribution in [2.75, 3.05) is 13.1 Å². The van der Waals surface area contributed by atoms with Crippen molar-refractivity contribution in [2.45, 2.75) is 12.6 Å². The van der Waals surface area contributed by atoms with Gasteiger partial charge >= 0.3 is 5.97 Å². The van der Waals surface area contributed by atoms with E-state index in [-0.39, 0.29) is 11.7 Å². The molecule has 1 fully saturated rings. The Morgan fingerprint density at radius 1 is 1.53 bits per heavy atom. The van der Waals surface area contributed by atoms with Gasteiger partial charge < -0.3 is 9.67 Å². The van der Waals surface area contributed by atoms with Crippen LogP contribution in [0.3, 0.4) is 0 Å². The van der Waals surface area contributed by atoms with Crippen LogP contribution in [-0.2, 0) is 13.6 Å². The Balaban J connectivity index is 1.57. The first kappa shape index (κ1) is 11.8. The normalized spacial score (nSPS) is 16.5. The van der Waals surface area contributed by atoms with Crippen molar-refractivity contribution in [3.8, 4) is 0 Å². The van der Waals surface area contributed by atoms with Gasteiger partial charge in [0.15, 0.2) is 5.69 Å². The minimum absolute atomic E-state index is 0.0115. The molecule has 8 nitrogen and oxygen atoms in total. The van der Waals surface area contributed by atoms with Gasteiger partial charge in [0.2, 0.25) is 0 Å². The standard InChI is InChI=1S/C11H14N6O2/c1-15-3-2-12-10(15)7-16-4-8(5-16)17-6-9(11(18)19)13-14-17/h2-3,6,8H,4-5,7H2,1H3,(H,18,19). The van der Waals surface area contributed by atoms with E-state index in [4.69, 9.17) is 5.11 Å². The molecule has 0 amide bonds. The number of imidazole rings is 1. The third kappa shape index (κ3) is 2.22. The van der Waals surface area contributed by atoms with Crippen molar-refractivity contribution in [2.24, 2.45) is 7.05 Å². The molecule has 0 bridgehead atoms. The summed E-state index contributed by atoms with van der Waals surface area (Å²) in [6.07, 6.45) is 5.18. The molecule has 2 aromatic heterocycles. The third-order valence-electron chi connectivity index (χ3n) is 3.33. The van der Waals surface area contributed by atoms with Crippen LogP contribution in [-0.4, -0.2) is 53.6 Å². The minimum atomic E-state index is -1.05. The summed E-state index contributed by atoms with van der Waals surface area (Å²) >= 11 is 0. The fraction of sp³-hybridized carbons (Fsp3) is 0.455. The number of hydrogen-bond donors (Lipinski definition) is 1. The SMILES string of the molecule is Cn1ccnc1CN1CC(n2cc(C(=O)O)nn2)C1. The first-order valence-corrected chi connectivity index (χ1v) is 5.97. The number of aryl methyl sites for hydroxylation is 1. The highest BCUT2D eigenvalue weighted by atomic mass is 16.4. The van der Waals surface area contributed by atoms with E-state index in [1.807, 2.05) is 17.8 Å². The second-order valence-corrected chi connectivity index (χ2v) is 4.69. The maximum atomic E-state index is 10.7. The van der Waals surface area contributed by atoms with Gasteiger partial charge in [-0.3, -0.25) is 4.90 Å². The molecular formula is C11H14N6O2. The Kier molecular flexibility index (Phi) is 2.79. The van der Waals surface area contributed by atoms with Gasteiger partial charge in [0.1, 0.15) is 5.82 Å². The number of rotatable bonds is 4. The summed E-state index contributed by atoms with van der Waals surface area (Å²) in [4.78, 5) is 17.2. The molecule has 0 saturated carbocycles.